The molecule has 1 rings (SSSR count). The highest BCUT2D eigenvalue weighted by molar-refractivity contribution is 5.90. The van der Waals surface area contributed by atoms with Gasteiger partial charge in [-0.25, -0.2) is 4.79 Å². The van der Waals surface area contributed by atoms with Gasteiger partial charge in [-0.15, -0.1) is 0 Å². The van der Waals surface area contributed by atoms with Gasteiger partial charge in [-0.3, -0.25) is 4.79 Å². The van der Waals surface area contributed by atoms with E-state index in [1.165, 1.54) is 0 Å². The molecule has 1 aromatic rings. The molecule has 0 aliphatic carbocycles. The Morgan fingerprint density at radius 3 is 2.48 bits per heavy atom. The van der Waals surface area contributed by atoms with Gasteiger partial charge < -0.3 is 20.5 Å². The van der Waals surface area contributed by atoms with Crippen molar-refractivity contribution in [3.05, 3.63) is 24.3 Å². The lowest BCUT2D eigenvalue weighted by molar-refractivity contribution is -0.139. The van der Waals surface area contributed by atoms with E-state index in [2.05, 4.69) is 24.5 Å². The molecular weight excluding hydrogens is 272 g/mol. The molecule has 0 aliphatic heterocycles. The monoisotopic (exact) mass is 294 g/mol. The van der Waals surface area contributed by atoms with Crippen molar-refractivity contribution < 1.29 is 19.4 Å². The average molecular weight is 294 g/mol. The average Bonchev–Trinajstić information content (AvgIpc) is 2.42. The van der Waals surface area contributed by atoms with Crippen LogP contribution >= 0.6 is 0 Å². The number of carboxylic acids is 1. The molecular formula is C15H22N2O4. The van der Waals surface area contributed by atoms with Gasteiger partial charge in [-0.2, -0.15) is 0 Å². The molecule has 3 N–H and O–H groups in total. The van der Waals surface area contributed by atoms with Crippen LogP contribution in [0.15, 0.2) is 24.3 Å². The van der Waals surface area contributed by atoms with Crippen molar-refractivity contribution in [2.45, 2.75) is 32.7 Å². The van der Waals surface area contributed by atoms with Crippen LogP contribution in [0.5, 0.6) is 5.75 Å². The summed E-state index contributed by atoms with van der Waals surface area (Å²) in [5, 5.41) is 14.5. The van der Waals surface area contributed by atoms with Gasteiger partial charge in [0.1, 0.15) is 5.75 Å². The molecule has 1 aromatic carbocycles. The Hall–Kier alpha value is -2.08. The third-order valence-electron chi connectivity index (χ3n) is 2.63. The number of amides is 1. The molecule has 0 atom stereocenters. The predicted molar refractivity (Wildman–Crippen MR) is 80.6 cm³/mol. The van der Waals surface area contributed by atoms with E-state index in [-0.39, 0.29) is 12.5 Å². The molecule has 6 heteroatoms. The molecule has 0 fully saturated rings. The zero-order valence-corrected chi connectivity index (χ0v) is 12.4. The van der Waals surface area contributed by atoms with E-state index in [1.807, 2.05) is 0 Å². The minimum Gasteiger partial charge on any atom is -0.482 e. The van der Waals surface area contributed by atoms with E-state index >= 15 is 0 Å². The molecule has 0 aliphatic rings. The quantitative estimate of drug-likeness (QED) is 0.605. The number of nitrogens with one attached hydrogen (secondary N) is 2. The number of rotatable bonds is 9. The number of hydrogen-bond donors (Lipinski definition) is 3. The lowest BCUT2D eigenvalue weighted by Crippen LogP contribution is -2.24. The Morgan fingerprint density at radius 2 is 1.90 bits per heavy atom. The fourth-order valence-electron chi connectivity index (χ4n) is 1.64. The van der Waals surface area contributed by atoms with Crippen LogP contribution in [0, 0.1) is 0 Å². The smallest absolute Gasteiger partial charge is 0.341 e. The van der Waals surface area contributed by atoms with Crippen molar-refractivity contribution in [1.82, 2.24) is 5.32 Å². The maximum absolute atomic E-state index is 11.7. The number of ether oxygens (including phenoxy) is 1. The Morgan fingerprint density at radius 1 is 1.24 bits per heavy atom. The standard InChI is InChI=1S/C15H22N2O4/c1-11(2)16-9-3-4-14(18)17-12-5-7-13(8-6-12)21-10-15(19)20/h5-8,11,16H,3-4,9-10H2,1-2H3,(H,17,18)(H,19,20). The Bertz CT molecular complexity index is 457. The van der Waals surface area contributed by atoms with Gasteiger partial charge in [0.05, 0.1) is 0 Å². The van der Waals surface area contributed by atoms with Crippen molar-refractivity contribution in [3.8, 4) is 5.75 Å². The second-order valence-corrected chi connectivity index (χ2v) is 4.97. The number of hydrogen-bond acceptors (Lipinski definition) is 4. The molecule has 0 aromatic heterocycles. The minimum absolute atomic E-state index is 0.0419. The summed E-state index contributed by atoms with van der Waals surface area (Å²) in [6, 6.07) is 7.03. The maximum atomic E-state index is 11.7. The Balaban J connectivity index is 2.30. The maximum Gasteiger partial charge on any atom is 0.341 e. The second-order valence-electron chi connectivity index (χ2n) is 4.97. The zero-order chi connectivity index (χ0) is 15.7. The molecule has 21 heavy (non-hydrogen) atoms. The SMILES string of the molecule is CC(C)NCCCC(=O)Nc1ccc(OCC(=O)O)cc1. The van der Waals surface area contributed by atoms with Crippen LogP contribution in [-0.4, -0.2) is 36.2 Å². The molecule has 116 valence electrons. The summed E-state index contributed by atoms with van der Waals surface area (Å²) < 4.78 is 5.01. The molecule has 0 heterocycles. The van der Waals surface area contributed by atoms with Crippen LogP contribution in [0.2, 0.25) is 0 Å². The van der Waals surface area contributed by atoms with Crippen molar-refractivity contribution in [3.63, 3.8) is 0 Å². The van der Waals surface area contributed by atoms with Gasteiger partial charge in [0.25, 0.3) is 0 Å². The third kappa shape index (κ3) is 7.94. The molecule has 0 unspecified atom stereocenters. The largest absolute Gasteiger partial charge is 0.482 e. The lowest BCUT2D eigenvalue weighted by atomic mass is 10.2. The first-order valence-electron chi connectivity index (χ1n) is 6.95. The summed E-state index contributed by atoms with van der Waals surface area (Å²) in [7, 11) is 0. The van der Waals surface area contributed by atoms with E-state index in [0.29, 0.717) is 23.9 Å². The van der Waals surface area contributed by atoms with Gasteiger partial charge in [0.15, 0.2) is 6.61 Å². The zero-order valence-electron chi connectivity index (χ0n) is 12.4. The van der Waals surface area contributed by atoms with Gasteiger partial charge in [0, 0.05) is 18.2 Å². The van der Waals surface area contributed by atoms with Gasteiger partial charge in [-0.1, -0.05) is 13.8 Å². The lowest BCUT2D eigenvalue weighted by Gasteiger charge is -2.09. The van der Waals surface area contributed by atoms with Crippen LogP contribution in [0.25, 0.3) is 0 Å². The van der Waals surface area contributed by atoms with Gasteiger partial charge in [-0.05, 0) is 37.2 Å². The first kappa shape index (κ1) is 17.0. The number of aliphatic carboxylic acids is 1. The number of anilines is 1. The van der Waals surface area contributed by atoms with Crippen LogP contribution in [-0.2, 0) is 9.59 Å². The number of carbonyl (C=O) groups excluding carboxylic acids is 1. The van der Waals surface area contributed by atoms with Crippen molar-refractivity contribution in [2.75, 3.05) is 18.5 Å². The van der Waals surface area contributed by atoms with E-state index in [4.69, 9.17) is 9.84 Å². The molecule has 1 amide bonds. The second kappa shape index (κ2) is 8.97. The van der Waals surface area contributed by atoms with E-state index in [9.17, 15) is 9.59 Å². The topological polar surface area (TPSA) is 87.7 Å². The molecule has 0 saturated carbocycles. The first-order chi connectivity index (χ1) is 9.97. The summed E-state index contributed by atoms with van der Waals surface area (Å²) in [6.07, 6.45) is 1.24. The Kier molecular flexibility index (Phi) is 7.25. The van der Waals surface area contributed by atoms with Crippen molar-refractivity contribution in [1.29, 1.82) is 0 Å². The summed E-state index contributed by atoms with van der Waals surface area (Å²) in [5.74, 6) is -0.612. The minimum atomic E-state index is -1.03. The van der Waals surface area contributed by atoms with E-state index < -0.39 is 5.97 Å². The number of carboxylic acid groups (broad SMARTS) is 1. The molecule has 0 radical (unpaired) electrons. The highest BCUT2D eigenvalue weighted by Gasteiger charge is 2.04. The molecule has 0 saturated heterocycles. The molecule has 6 nitrogen and oxygen atoms in total. The summed E-state index contributed by atoms with van der Waals surface area (Å²) in [6.45, 7) is 4.56. The third-order valence-corrected chi connectivity index (χ3v) is 2.63. The summed E-state index contributed by atoms with van der Waals surface area (Å²) >= 11 is 0. The van der Waals surface area contributed by atoms with E-state index in [1.54, 1.807) is 24.3 Å². The van der Waals surface area contributed by atoms with Crippen LogP contribution in [0.4, 0.5) is 5.69 Å². The fourth-order valence-corrected chi connectivity index (χ4v) is 1.64. The van der Waals surface area contributed by atoms with E-state index in [0.717, 1.165) is 13.0 Å². The van der Waals surface area contributed by atoms with Crippen molar-refractivity contribution in [2.24, 2.45) is 0 Å². The van der Waals surface area contributed by atoms with Gasteiger partial charge >= 0.3 is 5.97 Å². The number of carbonyl (C=O) groups is 2. The highest BCUT2D eigenvalue weighted by atomic mass is 16.5. The van der Waals surface area contributed by atoms with Gasteiger partial charge in [0.2, 0.25) is 5.91 Å². The normalized spacial score (nSPS) is 10.4. The van der Waals surface area contributed by atoms with Crippen LogP contribution < -0.4 is 15.4 Å². The van der Waals surface area contributed by atoms with Crippen molar-refractivity contribution >= 4 is 17.6 Å². The molecule has 0 bridgehead atoms. The highest BCUT2D eigenvalue weighted by Crippen LogP contribution is 2.15. The van der Waals surface area contributed by atoms with Crippen LogP contribution in [0.3, 0.4) is 0 Å². The first-order valence-corrected chi connectivity index (χ1v) is 6.95. The Labute approximate surface area is 124 Å². The molecule has 0 spiro atoms. The fraction of sp³-hybridized carbons (Fsp3) is 0.467. The van der Waals surface area contributed by atoms with Crippen LogP contribution in [0.1, 0.15) is 26.7 Å². The predicted octanol–water partition coefficient (Wildman–Crippen LogP) is 1.87. The number of benzene rings is 1. The summed E-state index contributed by atoms with van der Waals surface area (Å²) in [4.78, 5) is 22.1. The summed E-state index contributed by atoms with van der Waals surface area (Å²) in [5.41, 5.74) is 0.666.